The van der Waals surface area contributed by atoms with Crippen LogP contribution in [0.1, 0.15) is 72.0 Å². The van der Waals surface area contributed by atoms with E-state index in [1.165, 1.54) is 16.7 Å². The largest absolute Gasteiger partial charge is 0.145 e. The lowest BCUT2D eigenvalue weighted by atomic mass is 9.90. The average molecular weight is 341 g/mol. The first-order valence-corrected chi connectivity index (χ1v) is 9.03. The topological polar surface area (TPSA) is 0 Å². The molecule has 1 unspecified atom stereocenters. The summed E-state index contributed by atoms with van der Waals surface area (Å²) >= 11 is 14.8. The molecule has 3 heteroatoms. The van der Waals surface area contributed by atoms with Gasteiger partial charge in [-0.25, -0.2) is 0 Å². The van der Waals surface area contributed by atoms with Crippen molar-refractivity contribution >= 4 is 34.5 Å². The van der Waals surface area contributed by atoms with Crippen LogP contribution < -0.4 is 0 Å². The Morgan fingerprint density at radius 3 is 2.14 bits per heavy atom. The SMILES string of the molecule is Cc1csc(C(Cl)c2ccc(C(C)C)cc2C(C)C)c1Cl. The number of halogens is 2. The second kappa shape index (κ2) is 6.73. The molecule has 2 aromatic rings. The molecule has 0 aliphatic carbocycles. The van der Waals surface area contributed by atoms with Crippen molar-refractivity contribution in [2.24, 2.45) is 0 Å². The number of rotatable bonds is 4. The third-order valence-corrected chi connectivity index (χ3v) is 6.19. The van der Waals surface area contributed by atoms with E-state index >= 15 is 0 Å². The second-order valence-electron chi connectivity index (χ2n) is 6.16. The normalized spacial score (nSPS) is 13.2. The van der Waals surface area contributed by atoms with Crippen LogP contribution in [-0.2, 0) is 0 Å². The molecule has 0 bridgehead atoms. The summed E-state index contributed by atoms with van der Waals surface area (Å²) < 4.78 is 0. The van der Waals surface area contributed by atoms with Crippen molar-refractivity contribution in [1.29, 1.82) is 0 Å². The predicted octanol–water partition coefficient (Wildman–Crippen LogP) is 7.28. The Balaban J connectivity index is 2.50. The van der Waals surface area contributed by atoms with Crippen molar-refractivity contribution in [2.45, 2.75) is 51.8 Å². The summed E-state index contributed by atoms with van der Waals surface area (Å²) in [5, 5.41) is 2.71. The van der Waals surface area contributed by atoms with Gasteiger partial charge in [-0.1, -0.05) is 57.5 Å². The number of alkyl halides is 1. The second-order valence-corrected chi connectivity index (χ2v) is 7.88. The zero-order valence-electron chi connectivity index (χ0n) is 13.2. The molecule has 1 aromatic heterocycles. The molecule has 0 saturated carbocycles. The molecule has 0 aliphatic rings. The molecule has 0 fully saturated rings. The van der Waals surface area contributed by atoms with Gasteiger partial charge in [0.1, 0.15) is 0 Å². The van der Waals surface area contributed by atoms with E-state index in [0.717, 1.165) is 15.5 Å². The van der Waals surface area contributed by atoms with Gasteiger partial charge in [0, 0.05) is 4.88 Å². The van der Waals surface area contributed by atoms with Crippen molar-refractivity contribution in [2.75, 3.05) is 0 Å². The maximum Gasteiger partial charge on any atom is 0.0945 e. The van der Waals surface area contributed by atoms with E-state index in [0.29, 0.717) is 11.8 Å². The van der Waals surface area contributed by atoms with Gasteiger partial charge in [-0.05, 0) is 46.4 Å². The summed E-state index contributed by atoms with van der Waals surface area (Å²) in [5.74, 6) is 0.970. The maximum absolute atomic E-state index is 6.76. The molecule has 0 radical (unpaired) electrons. The summed E-state index contributed by atoms with van der Waals surface area (Å²) in [5.41, 5.74) is 4.97. The van der Waals surface area contributed by atoms with Crippen LogP contribution in [-0.4, -0.2) is 0 Å². The monoisotopic (exact) mass is 340 g/mol. The zero-order chi connectivity index (χ0) is 15.7. The first kappa shape index (κ1) is 16.9. The van der Waals surface area contributed by atoms with Gasteiger partial charge in [-0.15, -0.1) is 22.9 Å². The minimum Gasteiger partial charge on any atom is -0.145 e. The van der Waals surface area contributed by atoms with Crippen LogP contribution in [0.5, 0.6) is 0 Å². The zero-order valence-corrected chi connectivity index (χ0v) is 15.5. The molecule has 0 aliphatic heterocycles. The van der Waals surface area contributed by atoms with E-state index < -0.39 is 0 Å². The average Bonchev–Trinajstić information content (AvgIpc) is 2.77. The Hall–Kier alpha value is -0.500. The number of hydrogen-bond acceptors (Lipinski definition) is 1. The molecule has 21 heavy (non-hydrogen) atoms. The minimum absolute atomic E-state index is 0.171. The van der Waals surface area contributed by atoms with Gasteiger partial charge in [0.2, 0.25) is 0 Å². The molecule has 0 spiro atoms. The third-order valence-electron chi connectivity index (χ3n) is 3.83. The molecular formula is C18H22Cl2S. The summed E-state index contributed by atoms with van der Waals surface area (Å²) in [6, 6.07) is 6.66. The van der Waals surface area contributed by atoms with Crippen molar-refractivity contribution in [3.63, 3.8) is 0 Å². The highest BCUT2D eigenvalue weighted by Crippen LogP contribution is 2.42. The Labute approximate surface area is 142 Å². The van der Waals surface area contributed by atoms with E-state index in [1.807, 2.05) is 6.92 Å². The van der Waals surface area contributed by atoms with Crippen LogP contribution in [0.2, 0.25) is 5.02 Å². The molecular weight excluding hydrogens is 319 g/mol. The fourth-order valence-corrected chi connectivity index (χ4v) is 4.26. The van der Waals surface area contributed by atoms with Crippen LogP contribution in [0, 0.1) is 6.92 Å². The minimum atomic E-state index is -0.171. The van der Waals surface area contributed by atoms with Crippen LogP contribution in [0.15, 0.2) is 23.6 Å². The summed E-state index contributed by atoms with van der Waals surface area (Å²) in [6.07, 6.45) is 0. The molecule has 114 valence electrons. The predicted molar refractivity (Wildman–Crippen MR) is 96.4 cm³/mol. The van der Waals surface area contributed by atoms with Crippen molar-refractivity contribution in [3.05, 3.63) is 55.7 Å². The van der Waals surface area contributed by atoms with Gasteiger partial charge in [-0.3, -0.25) is 0 Å². The number of aryl methyl sites for hydroxylation is 1. The quantitative estimate of drug-likeness (QED) is 0.512. The van der Waals surface area contributed by atoms with E-state index in [1.54, 1.807) is 11.3 Å². The van der Waals surface area contributed by atoms with E-state index in [2.05, 4.69) is 51.3 Å². The summed E-state index contributed by atoms with van der Waals surface area (Å²) in [6.45, 7) is 10.9. The van der Waals surface area contributed by atoms with E-state index in [4.69, 9.17) is 23.2 Å². The number of thiophene rings is 1. The van der Waals surface area contributed by atoms with Gasteiger partial charge in [-0.2, -0.15) is 0 Å². The van der Waals surface area contributed by atoms with Crippen LogP contribution >= 0.6 is 34.5 Å². The maximum atomic E-state index is 6.76. The van der Waals surface area contributed by atoms with Crippen LogP contribution in [0.25, 0.3) is 0 Å². The van der Waals surface area contributed by atoms with E-state index in [-0.39, 0.29) is 5.38 Å². The van der Waals surface area contributed by atoms with Gasteiger partial charge in [0.15, 0.2) is 0 Å². The van der Waals surface area contributed by atoms with Gasteiger partial charge >= 0.3 is 0 Å². The molecule has 1 aromatic carbocycles. The lowest BCUT2D eigenvalue weighted by molar-refractivity contribution is 0.819. The van der Waals surface area contributed by atoms with Gasteiger partial charge in [0.25, 0.3) is 0 Å². The first-order chi connectivity index (χ1) is 9.82. The Morgan fingerprint density at radius 2 is 1.67 bits per heavy atom. The highest BCUT2D eigenvalue weighted by molar-refractivity contribution is 7.11. The standard InChI is InChI=1S/C18H22Cl2S/c1-10(2)13-6-7-14(15(8-13)11(3)4)17(20)18-16(19)12(5)9-21-18/h6-11,17H,1-5H3. The number of hydrogen-bond donors (Lipinski definition) is 0. The highest BCUT2D eigenvalue weighted by Gasteiger charge is 2.22. The summed E-state index contributed by atoms with van der Waals surface area (Å²) in [7, 11) is 0. The summed E-state index contributed by atoms with van der Waals surface area (Å²) in [4.78, 5) is 1.05. The number of benzene rings is 1. The molecule has 0 N–H and O–H groups in total. The van der Waals surface area contributed by atoms with Crippen molar-refractivity contribution in [1.82, 2.24) is 0 Å². The molecule has 0 amide bonds. The fourth-order valence-electron chi connectivity index (χ4n) is 2.45. The Kier molecular flexibility index (Phi) is 5.40. The van der Waals surface area contributed by atoms with E-state index in [9.17, 15) is 0 Å². The van der Waals surface area contributed by atoms with Crippen LogP contribution in [0.4, 0.5) is 0 Å². The molecule has 0 saturated heterocycles. The third kappa shape index (κ3) is 3.47. The molecule has 1 atom stereocenters. The van der Waals surface area contributed by atoms with Crippen molar-refractivity contribution < 1.29 is 0 Å². The fraction of sp³-hybridized carbons (Fsp3) is 0.444. The molecule has 0 nitrogen and oxygen atoms in total. The van der Waals surface area contributed by atoms with Crippen LogP contribution in [0.3, 0.4) is 0 Å². The Morgan fingerprint density at radius 1 is 1.00 bits per heavy atom. The molecule has 1 heterocycles. The Bertz CT molecular complexity index is 626. The highest BCUT2D eigenvalue weighted by atomic mass is 35.5. The molecule has 2 rings (SSSR count). The first-order valence-electron chi connectivity index (χ1n) is 7.34. The van der Waals surface area contributed by atoms with Gasteiger partial charge < -0.3 is 0 Å². The smallest absolute Gasteiger partial charge is 0.0945 e. The van der Waals surface area contributed by atoms with Gasteiger partial charge in [0.05, 0.1) is 10.4 Å². The lowest BCUT2D eigenvalue weighted by Gasteiger charge is -2.19. The van der Waals surface area contributed by atoms with Crippen molar-refractivity contribution in [3.8, 4) is 0 Å². The lowest BCUT2D eigenvalue weighted by Crippen LogP contribution is -2.02.